The number of hydrogen-bond acceptors (Lipinski definition) is 0. The van der Waals surface area contributed by atoms with E-state index in [1.165, 1.54) is 12.1 Å². The van der Waals surface area contributed by atoms with Crippen molar-refractivity contribution in [1.29, 1.82) is 0 Å². The van der Waals surface area contributed by atoms with Crippen molar-refractivity contribution in [2.45, 2.75) is 0 Å². The molecule has 3 heteroatoms. The summed E-state index contributed by atoms with van der Waals surface area (Å²) in [7, 11) is 0. The van der Waals surface area contributed by atoms with Crippen LogP contribution in [0.15, 0.2) is 36.4 Å². The van der Waals surface area contributed by atoms with Gasteiger partial charge in [-0.25, -0.2) is 11.1 Å². The van der Waals surface area contributed by atoms with Gasteiger partial charge in [0.05, 0.1) is 6.57 Å². The van der Waals surface area contributed by atoms with Gasteiger partial charge in [0, 0.05) is 25.9 Å². The normalized spacial score (nSPS) is 9.00. The van der Waals surface area contributed by atoms with Crippen LogP contribution in [-0.4, -0.2) is 0 Å². The molecule has 0 aromatic heterocycles. The van der Waals surface area contributed by atoms with E-state index in [-0.39, 0.29) is 25.8 Å². The number of rotatable bonds is 1. The number of hydrogen-bond donors (Lipinski definition) is 0. The number of benzene rings is 2. The summed E-state index contributed by atoms with van der Waals surface area (Å²) in [6, 6.07) is 15.8. The molecule has 2 rings (SSSR count). The molecule has 2 aromatic carbocycles. The first kappa shape index (κ1) is 12.6. The van der Waals surface area contributed by atoms with Gasteiger partial charge in [0.15, 0.2) is 0 Å². The molecule has 2 aromatic rings. The van der Waals surface area contributed by atoms with Crippen LogP contribution in [0.4, 0.5) is 10.1 Å². The summed E-state index contributed by atoms with van der Waals surface area (Å²) < 4.78 is 13.0. The zero-order valence-corrected chi connectivity index (χ0v) is 10.5. The summed E-state index contributed by atoms with van der Waals surface area (Å²) in [5.74, 6) is -0.537. The van der Waals surface area contributed by atoms with Crippen LogP contribution in [-0.2, 0) is 20.1 Å². The van der Waals surface area contributed by atoms with Gasteiger partial charge in [-0.1, -0.05) is 0 Å². The van der Waals surface area contributed by atoms with Gasteiger partial charge in [-0.2, -0.15) is 36.4 Å². The van der Waals surface area contributed by atoms with Crippen LogP contribution in [0.2, 0.25) is 0 Å². The van der Waals surface area contributed by atoms with E-state index in [1.807, 2.05) is 18.2 Å². The van der Waals surface area contributed by atoms with E-state index >= 15 is 0 Å². The van der Waals surface area contributed by atoms with Gasteiger partial charge in [-0.15, -0.1) is 12.1 Å². The molecule has 0 aliphatic carbocycles. The number of halogens is 1. The molecule has 1 nitrogen and oxygen atoms in total. The van der Waals surface area contributed by atoms with Crippen molar-refractivity contribution in [3.8, 4) is 11.1 Å². The van der Waals surface area contributed by atoms with E-state index < -0.39 is 5.82 Å². The molecule has 0 N–H and O–H groups in total. The Morgan fingerprint density at radius 2 is 2.00 bits per heavy atom. The molecule has 0 atom stereocenters. The maximum Gasteiger partial charge on any atom is 0.134 e. The van der Waals surface area contributed by atoms with Gasteiger partial charge in [0.2, 0.25) is 0 Å². The first-order valence-corrected chi connectivity index (χ1v) is 4.37. The fourth-order valence-corrected chi connectivity index (χ4v) is 1.26. The first-order chi connectivity index (χ1) is 7.31. The second kappa shape index (κ2) is 5.55. The molecular weight excluding hydrogens is 381 g/mol. The molecule has 1 radical (unpaired) electrons. The largest absolute Gasteiger partial charge is 0.278 e. The Labute approximate surface area is 107 Å². The van der Waals surface area contributed by atoms with Crippen LogP contribution >= 0.6 is 0 Å². The van der Waals surface area contributed by atoms with E-state index in [0.29, 0.717) is 5.56 Å². The molecule has 0 saturated heterocycles. The van der Waals surface area contributed by atoms with Crippen LogP contribution in [0.25, 0.3) is 16.0 Å². The Hall–Kier alpha value is -1.49. The minimum Gasteiger partial charge on any atom is -0.278 e. The Morgan fingerprint density at radius 1 is 1.19 bits per heavy atom. The Morgan fingerprint density at radius 3 is 2.62 bits per heavy atom. The standard InChI is InChI=1S/C13H6FN.Ir/c1-15-13-9-11(7-8-12(13)14)10-5-3-2-4-6-10;/h2-5,8-9H;/q-2;. The van der Waals surface area contributed by atoms with Gasteiger partial charge in [-0.3, -0.25) is 9.24 Å². The fraction of sp³-hybridized carbons (Fsp3) is 0. The zero-order chi connectivity index (χ0) is 10.7. The molecule has 0 aliphatic heterocycles. The topological polar surface area (TPSA) is 4.36 Å². The second-order valence-corrected chi connectivity index (χ2v) is 2.97. The molecule has 16 heavy (non-hydrogen) atoms. The van der Waals surface area contributed by atoms with E-state index in [2.05, 4.69) is 17.0 Å². The molecule has 0 amide bonds. The third-order valence-electron chi connectivity index (χ3n) is 2.00. The number of nitrogens with zero attached hydrogens (tertiary/aromatic N) is 1. The fourth-order valence-electron chi connectivity index (χ4n) is 1.26. The van der Waals surface area contributed by atoms with Gasteiger partial charge in [0.1, 0.15) is 5.69 Å². The maximum atomic E-state index is 13.0. The van der Waals surface area contributed by atoms with Crippen molar-refractivity contribution in [2.24, 2.45) is 0 Å². The first-order valence-electron chi connectivity index (χ1n) is 4.37. The second-order valence-electron chi connectivity index (χ2n) is 2.97. The van der Waals surface area contributed by atoms with Gasteiger partial charge in [-0.05, 0) is 0 Å². The average molecular weight is 387 g/mol. The van der Waals surface area contributed by atoms with E-state index in [4.69, 9.17) is 6.57 Å². The van der Waals surface area contributed by atoms with Crippen molar-refractivity contribution in [3.63, 3.8) is 0 Å². The van der Waals surface area contributed by atoms with Crippen LogP contribution in [0.3, 0.4) is 0 Å². The summed E-state index contributed by atoms with van der Waals surface area (Å²) in [6.07, 6.45) is 0. The molecule has 0 fully saturated rings. The third-order valence-corrected chi connectivity index (χ3v) is 2.00. The smallest absolute Gasteiger partial charge is 0.134 e. The summed E-state index contributed by atoms with van der Waals surface area (Å²) in [5, 5.41) is 0. The van der Waals surface area contributed by atoms with Crippen molar-refractivity contribution in [3.05, 3.63) is 65.8 Å². The van der Waals surface area contributed by atoms with Crippen molar-refractivity contribution in [1.82, 2.24) is 0 Å². The van der Waals surface area contributed by atoms with E-state index in [0.717, 1.165) is 5.56 Å². The van der Waals surface area contributed by atoms with Crippen LogP contribution in [0, 0.1) is 24.5 Å². The third kappa shape index (κ3) is 2.55. The van der Waals surface area contributed by atoms with Crippen molar-refractivity contribution < 1.29 is 24.5 Å². The summed E-state index contributed by atoms with van der Waals surface area (Å²) in [4.78, 5) is 3.10. The van der Waals surface area contributed by atoms with Crippen LogP contribution in [0.5, 0.6) is 0 Å². The molecule has 0 saturated carbocycles. The van der Waals surface area contributed by atoms with Crippen LogP contribution in [0.1, 0.15) is 0 Å². The Bertz CT molecular complexity index is 517. The minimum absolute atomic E-state index is 0. The minimum atomic E-state index is -0.537. The summed E-state index contributed by atoms with van der Waals surface area (Å²) in [5.41, 5.74) is 1.51. The zero-order valence-electron chi connectivity index (χ0n) is 8.12. The molecule has 0 bridgehead atoms. The molecular formula is C13H6FIrN-2. The SMILES string of the molecule is [C-]#[N+]c1cc(-c2[c-]cccc2)[c-]cc1F.[Ir]. The Balaban J connectivity index is 0.00000128. The molecule has 81 valence electrons. The quantitative estimate of drug-likeness (QED) is 0.658. The molecule has 0 spiro atoms. The van der Waals surface area contributed by atoms with Gasteiger partial charge < -0.3 is 0 Å². The average Bonchev–Trinajstić information content (AvgIpc) is 2.31. The monoisotopic (exact) mass is 388 g/mol. The molecule has 0 aliphatic rings. The van der Waals surface area contributed by atoms with Crippen molar-refractivity contribution in [2.75, 3.05) is 0 Å². The van der Waals surface area contributed by atoms with E-state index in [9.17, 15) is 4.39 Å². The summed E-state index contributed by atoms with van der Waals surface area (Å²) in [6.45, 7) is 6.80. The molecule has 0 heterocycles. The van der Waals surface area contributed by atoms with Gasteiger partial charge >= 0.3 is 0 Å². The molecule has 0 unspecified atom stereocenters. The van der Waals surface area contributed by atoms with E-state index in [1.54, 1.807) is 6.07 Å². The van der Waals surface area contributed by atoms with Crippen molar-refractivity contribution >= 4 is 5.69 Å². The Kier molecular flexibility index (Phi) is 4.37. The van der Waals surface area contributed by atoms with Crippen LogP contribution < -0.4 is 0 Å². The predicted octanol–water partition coefficient (Wildman–Crippen LogP) is 3.64. The predicted molar refractivity (Wildman–Crippen MR) is 55.8 cm³/mol. The van der Waals surface area contributed by atoms with Gasteiger partial charge in [0.25, 0.3) is 0 Å². The summed E-state index contributed by atoms with van der Waals surface area (Å²) >= 11 is 0. The maximum absolute atomic E-state index is 13.0.